The van der Waals surface area contributed by atoms with E-state index >= 15 is 0 Å². The van der Waals surface area contributed by atoms with Gasteiger partial charge in [0.05, 0.1) is 13.2 Å². The van der Waals surface area contributed by atoms with E-state index < -0.39 is 26.5 Å². The highest BCUT2D eigenvalue weighted by atomic mass is 31.2. The third-order valence-corrected chi connectivity index (χ3v) is 13.0. The average molecular weight is 888 g/mol. The molecular weight excluding hydrogens is 786 g/mol. The van der Waals surface area contributed by atoms with E-state index in [0.29, 0.717) is 12.8 Å². The molecule has 0 saturated heterocycles. The lowest BCUT2D eigenvalue weighted by Crippen LogP contribution is -2.27. The van der Waals surface area contributed by atoms with Gasteiger partial charge in [0.25, 0.3) is 0 Å². The molecule has 0 aromatic heterocycles. The highest BCUT2D eigenvalue weighted by Crippen LogP contribution is 2.42. The Morgan fingerprint density at radius 3 is 1.07 bits per heavy atom. The predicted molar refractivity (Wildman–Crippen MR) is 257 cm³/mol. The summed E-state index contributed by atoms with van der Waals surface area (Å²) in [4.78, 5) is 34.1. The summed E-state index contributed by atoms with van der Waals surface area (Å²) in [6.45, 7) is 3.63. The van der Waals surface area contributed by atoms with Crippen molar-refractivity contribution in [1.82, 2.24) is 5.32 Å². The zero-order chi connectivity index (χ0) is 44.6. The minimum atomic E-state index is -4.41. The van der Waals surface area contributed by atoms with E-state index in [9.17, 15) is 24.2 Å². The molecule has 0 saturated carbocycles. The first kappa shape index (κ1) is 60.0. The first-order valence-electron chi connectivity index (χ1n) is 26.5. The number of ether oxygens (including phenoxy) is 1. The summed E-state index contributed by atoms with van der Waals surface area (Å²) < 4.78 is 27.0. The Morgan fingerprint density at radius 2 is 0.738 bits per heavy atom. The Kier molecular flexibility index (Phi) is 47.7. The maximum Gasteiger partial charge on any atom is 0.472 e. The van der Waals surface area contributed by atoms with E-state index in [1.54, 1.807) is 0 Å². The summed E-state index contributed by atoms with van der Waals surface area (Å²) >= 11 is 0. The van der Waals surface area contributed by atoms with Crippen LogP contribution in [0.15, 0.2) is 0 Å². The van der Waals surface area contributed by atoms with Crippen molar-refractivity contribution in [2.75, 3.05) is 26.4 Å². The van der Waals surface area contributed by atoms with Gasteiger partial charge >= 0.3 is 13.8 Å². The molecule has 0 aliphatic carbocycles. The molecule has 2 unspecified atom stereocenters. The minimum Gasteiger partial charge on any atom is -0.463 e. The number of unbranched alkanes of at least 4 members (excludes halogenated alkanes) is 38. The van der Waals surface area contributed by atoms with E-state index in [0.717, 1.165) is 38.5 Å². The number of esters is 1. The number of phosphoric acid groups is 1. The molecule has 0 fully saturated rings. The quantitative estimate of drug-likeness (QED) is 0.0313. The number of amides is 1. The second-order valence-electron chi connectivity index (χ2n) is 18.2. The SMILES string of the molecule is CCCCCCCCCCCCCCCCCCCCCCC(=O)NCCOP(=O)(O)OCC(O)COC(=O)CCCCCCCCCCCCCCCCCCCCCC. The molecule has 364 valence electrons. The van der Waals surface area contributed by atoms with Crippen molar-refractivity contribution in [3.63, 3.8) is 0 Å². The molecule has 0 aliphatic rings. The smallest absolute Gasteiger partial charge is 0.463 e. The van der Waals surface area contributed by atoms with Crippen molar-refractivity contribution in [3.05, 3.63) is 0 Å². The van der Waals surface area contributed by atoms with Gasteiger partial charge in [-0.1, -0.05) is 258 Å². The highest BCUT2D eigenvalue weighted by molar-refractivity contribution is 7.47. The Hall–Kier alpha value is -0.990. The number of aliphatic hydroxyl groups excluding tert-OH is 1. The molecule has 2 atom stereocenters. The second-order valence-corrected chi connectivity index (χ2v) is 19.7. The fraction of sp³-hybridized carbons (Fsp3) is 0.961. The summed E-state index contributed by atoms with van der Waals surface area (Å²) in [6.07, 6.45) is 51.9. The number of aliphatic hydroxyl groups is 1. The summed E-state index contributed by atoms with van der Waals surface area (Å²) in [5.74, 6) is -0.497. The Bertz CT molecular complexity index is 969. The van der Waals surface area contributed by atoms with Crippen LogP contribution in [0, 0.1) is 0 Å². The van der Waals surface area contributed by atoms with Crippen LogP contribution in [-0.4, -0.2) is 54.3 Å². The lowest BCUT2D eigenvalue weighted by atomic mass is 10.0. The van der Waals surface area contributed by atoms with Gasteiger partial charge in [-0.05, 0) is 12.8 Å². The van der Waals surface area contributed by atoms with Crippen molar-refractivity contribution in [1.29, 1.82) is 0 Å². The average Bonchev–Trinajstić information content (AvgIpc) is 3.25. The number of nitrogens with one attached hydrogen (secondary N) is 1. The van der Waals surface area contributed by atoms with Crippen LogP contribution in [0.25, 0.3) is 0 Å². The topological polar surface area (TPSA) is 131 Å². The maximum absolute atomic E-state index is 12.2. The van der Waals surface area contributed by atoms with Gasteiger partial charge in [0.15, 0.2) is 0 Å². The van der Waals surface area contributed by atoms with E-state index in [-0.39, 0.29) is 25.7 Å². The Balaban J connectivity index is 3.49. The number of hydrogen-bond donors (Lipinski definition) is 3. The lowest BCUT2D eigenvalue weighted by molar-refractivity contribution is -0.147. The zero-order valence-electron chi connectivity index (χ0n) is 40.4. The van der Waals surface area contributed by atoms with Crippen LogP contribution in [0.4, 0.5) is 0 Å². The molecule has 0 bridgehead atoms. The predicted octanol–water partition coefficient (Wildman–Crippen LogP) is 15.6. The highest BCUT2D eigenvalue weighted by Gasteiger charge is 2.23. The molecule has 0 aromatic carbocycles. The number of hydrogen-bond acceptors (Lipinski definition) is 7. The fourth-order valence-corrected chi connectivity index (χ4v) is 8.79. The largest absolute Gasteiger partial charge is 0.472 e. The molecule has 0 heterocycles. The Labute approximate surface area is 377 Å². The van der Waals surface area contributed by atoms with Crippen LogP contribution in [0.1, 0.15) is 284 Å². The molecule has 0 rings (SSSR count). The van der Waals surface area contributed by atoms with Gasteiger partial charge in [0, 0.05) is 19.4 Å². The molecule has 1 amide bonds. The van der Waals surface area contributed by atoms with Gasteiger partial charge in [0.1, 0.15) is 12.7 Å². The summed E-state index contributed by atoms with van der Waals surface area (Å²) in [6, 6.07) is 0. The molecule has 0 aliphatic heterocycles. The third-order valence-electron chi connectivity index (χ3n) is 12.0. The summed E-state index contributed by atoms with van der Waals surface area (Å²) in [5.41, 5.74) is 0. The van der Waals surface area contributed by atoms with E-state index in [4.69, 9.17) is 13.8 Å². The monoisotopic (exact) mass is 888 g/mol. The lowest BCUT2D eigenvalue weighted by Gasteiger charge is -2.15. The summed E-state index contributed by atoms with van der Waals surface area (Å²) in [7, 11) is -4.41. The van der Waals surface area contributed by atoms with Crippen molar-refractivity contribution in [2.24, 2.45) is 0 Å². The fourth-order valence-electron chi connectivity index (χ4n) is 8.03. The van der Waals surface area contributed by atoms with E-state index in [2.05, 4.69) is 19.2 Å². The van der Waals surface area contributed by atoms with E-state index in [1.807, 2.05) is 0 Å². The number of carbonyl (C=O) groups is 2. The van der Waals surface area contributed by atoms with Crippen LogP contribution < -0.4 is 5.32 Å². The number of phosphoric ester groups is 1. The first-order valence-corrected chi connectivity index (χ1v) is 28.0. The molecule has 0 spiro atoms. The van der Waals surface area contributed by atoms with Gasteiger partial charge in [-0.15, -0.1) is 0 Å². The van der Waals surface area contributed by atoms with Gasteiger partial charge in [0.2, 0.25) is 5.91 Å². The van der Waals surface area contributed by atoms with Gasteiger partial charge in [-0.2, -0.15) is 0 Å². The maximum atomic E-state index is 12.2. The second kappa shape index (κ2) is 48.5. The first-order chi connectivity index (χ1) is 29.8. The summed E-state index contributed by atoms with van der Waals surface area (Å²) in [5, 5.41) is 12.8. The molecule has 0 radical (unpaired) electrons. The van der Waals surface area contributed by atoms with E-state index in [1.165, 1.54) is 218 Å². The number of rotatable bonds is 51. The Morgan fingerprint density at radius 1 is 0.443 bits per heavy atom. The van der Waals surface area contributed by atoms with Crippen LogP contribution in [-0.2, 0) is 27.9 Å². The molecular formula is C51H102NO8P. The van der Waals surface area contributed by atoms with Crippen molar-refractivity contribution in [2.45, 2.75) is 290 Å². The van der Waals surface area contributed by atoms with Crippen molar-refractivity contribution >= 4 is 19.7 Å². The molecule has 0 aromatic rings. The molecule has 10 heteroatoms. The van der Waals surface area contributed by atoms with Crippen LogP contribution in [0.3, 0.4) is 0 Å². The van der Waals surface area contributed by atoms with Gasteiger partial charge in [-0.25, -0.2) is 4.57 Å². The van der Waals surface area contributed by atoms with Crippen molar-refractivity contribution < 1.29 is 37.9 Å². The molecule has 3 N–H and O–H groups in total. The number of carbonyl (C=O) groups excluding carboxylic acids is 2. The van der Waals surface area contributed by atoms with Gasteiger partial charge < -0.3 is 20.1 Å². The van der Waals surface area contributed by atoms with Gasteiger partial charge in [-0.3, -0.25) is 18.6 Å². The normalized spacial score (nSPS) is 13.0. The van der Waals surface area contributed by atoms with Crippen LogP contribution >= 0.6 is 7.82 Å². The van der Waals surface area contributed by atoms with Crippen molar-refractivity contribution in [3.8, 4) is 0 Å². The molecule has 9 nitrogen and oxygen atoms in total. The van der Waals surface area contributed by atoms with Crippen LogP contribution in [0.2, 0.25) is 0 Å². The third kappa shape index (κ3) is 49.9. The minimum absolute atomic E-state index is 0.0889. The standard InChI is InChI=1S/C51H102NO8P/c1-3-5-7-9-11-13-15-17-19-21-23-25-27-29-31-33-35-37-39-41-43-50(54)52-45-46-59-61(56,57)60-48-49(53)47-58-51(55)44-42-40-38-36-34-32-30-28-26-24-22-20-18-16-14-12-10-8-6-4-2/h49,53H,3-48H2,1-2H3,(H,52,54)(H,56,57). The van der Waals surface area contributed by atoms with Crippen LogP contribution in [0.5, 0.6) is 0 Å². The molecule has 61 heavy (non-hydrogen) atoms. The zero-order valence-corrected chi connectivity index (χ0v) is 41.3.